The number of hydrogen-bond acceptors (Lipinski definition) is 4. The summed E-state index contributed by atoms with van der Waals surface area (Å²) in [5.41, 5.74) is 2.07. The summed E-state index contributed by atoms with van der Waals surface area (Å²) in [4.78, 5) is 4.70. The molecule has 1 aromatic carbocycles. The zero-order valence-corrected chi connectivity index (χ0v) is 11.4. The number of methoxy groups -OCH3 is 1. The van der Waals surface area contributed by atoms with E-state index < -0.39 is 0 Å². The molecule has 0 aromatic heterocycles. The number of benzene rings is 1. The van der Waals surface area contributed by atoms with E-state index in [4.69, 9.17) is 4.74 Å². The molecule has 18 heavy (non-hydrogen) atoms. The number of phenolic OH excluding ortho intramolecular Hbond substituents is 1. The monoisotopic (exact) mass is 250 g/mol. The van der Waals surface area contributed by atoms with Crippen LogP contribution in [0.1, 0.15) is 11.1 Å². The molecule has 0 amide bonds. The molecule has 1 heterocycles. The lowest BCUT2D eigenvalue weighted by atomic mass is 10.1. The highest BCUT2D eigenvalue weighted by Gasteiger charge is 2.17. The number of nitrogens with zero attached hydrogens (tertiary/aromatic N) is 2. The number of aromatic hydroxyl groups is 1. The Morgan fingerprint density at radius 3 is 2.50 bits per heavy atom. The Bertz CT molecular complexity index is 413. The van der Waals surface area contributed by atoms with E-state index in [2.05, 4.69) is 16.8 Å². The van der Waals surface area contributed by atoms with Crippen molar-refractivity contribution >= 4 is 0 Å². The van der Waals surface area contributed by atoms with Crippen molar-refractivity contribution in [1.82, 2.24) is 9.80 Å². The molecule has 0 aliphatic carbocycles. The molecule has 1 aromatic rings. The van der Waals surface area contributed by atoms with Crippen LogP contribution < -0.4 is 4.74 Å². The molecule has 100 valence electrons. The molecule has 0 radical (unpaired) electrons. The van der Waals surface area contributed by atoms with Crippen LogP contribution in [0.3, 0.4) is 0 Å². The van der Waals surface area contributed by atoms with Gasteiger partial charge in [-0.1, -0.05) is 6.07 Å². The van der Waals surface area contributed by atoms with E-state index in [1.165, 1.54) is 0 Å². The summed E-state index contributed by atoms with van der Waals surface area (Å²) in [6.07, 6.45) is 0. The maximum absolute atomic E-state index is 10.1. The Kier molecular flexibility index (Phi) is 4.09. The molecule has 0 spiro atoms. The van der Waals surface area contributed by atoms with Gasteiger partial charge in [-0.2, -0.15) is 0 Å². The SMILES string of the molecule is COc1cc(C)cc(CN2CCN(C)CC2)c1O. The summed E-state index contributed by atoms with van der Waals surface area (Å²) >= 11 is 0. The molecule has 1 aliphatic heterocycles. The zero-order chi connectivity index (χ0) is 13.1. The van der Waals surface area contributed by atoms with E-state index in [0.717, 1.165) is 43.9 Å². The molecule has 1 fully saturated rings. The summed E-state index contributed by atoms with van der Waals surface area (Å²) in [7, 11) is 3.73. The number of rotatable bonds is 3. The van der Waals surface area contributed by atoms with Crippen LogP contribution in [0.25, 0.3) is 0 Å². The highest BCUT2D eigenvalue weighted by molar-refractivity contribution is 5.48. The first-order valence-electron chi connectivity index (χ1n) is 6.37. The second-order valence-corrected chi connectivity index (χ2v) is 5.05. The third-order valence-corrected chi connectivity index (χ3v) is 3.51. The van der Waals surface area contributed by atoms with Gasteiger partial charge in [0.15, 0.2) is 11.5 Å². The lowest BCUT2D eigenvalue weighted by Gasteiger charge is -2.32. The lowest BCUT2D eigenvalue weighted by Crippen LogP contribution is -2.43. The molecule has 4 heteroatoms. The van der Waals surface area contributed by atoms with Crippen LogP contribution in [-0.2, 0) is 6.54 Å². The minimum atomic E-state index is 0.280. The van der Waals surface area contributed by atoms with Crippen molar-refractivity contribution in [3.63, 3.8) is 0 Å². The maximum atomic E-state index is 10.1. The standard InChI is InChI=1S/C14H22N2O2/c1-11-8-12(14(17)13(9-11)18-3)10-16-6-4-15(2)5-7-16/h8-9,17H,4-7,10H2,1-3H3. The summed E-state index contributed by atoms with van der Waals surface area (Å²) in [6.45, 7) is 7.08. The Balaban J connectivity index is 2.11. The van der Waals surface area contributed by atoms with Crippen LogP contribution in [0.15, 0.2) is 12.1 Å². The fraction of sp³-hybridized carbons (Fsp3) is 0.571. The van der Waals surface area contributed by atoms with Crippen molar-refractivity contribution in [2.24, 2.45) is 0 Å². The summed E-state index contributed by atoms with van der Waals surface area (Å²) in [6, 6.07) is 3.90. The van der Waals surface area contributed by atoms with Crippen molar-refractivity contribution in [1.29, 1.82) is 0 Å². The minimum Gasteiger partial charge on any atom is -0.504 e. The van der Waals surface area contributed by atoms with Gasteiger partial charge in [-0.15, -0.1) is 0 Å². The Labute approximate surface area is 109 Å². The summed E-state index contributed by atoms with van der Waals surface area (Å²) in [5, 5.41) is 10.1. The number of hydrogen-bond donors (Lipinski definition) is 1. The summed E-state index contributed by atoms with van der Waals surface area (Å²) in [5.74, 6) is 0.848. The van der Waals surface area contributed by atoms with Crippen LogP contribution in [0.5, 0.6) is 11.5 Å². The fourth-order valence-electron chi connectivity index (χ4n) is 2.34. The van der Waals surface area contributed by atoms with Crippen molar-refractivity contribution in [2.45, 2.75) is 13.5 Å². The number of aryl methyl sites for hydroxylation is 1. The van der Waals surface area contributed by atoms with Gasteiger partial charge in [-0.3, -0.25) is 4.90 Å². The van der Waals surface area contributed by atoms with Gasteiger partial charge in [0.25, 0.3) is 0 Å². The largest absolute Gasteiger partial charge is 0.504 e. The topological polar surface area (TPSA) is 35.9 Å². The van der Waals surface area contributed by atoms with Crippen molar-refractivity contribution in [2.75, 3.05) is 40.3 Å². The van der Waals surface area contributed by atoms with E-state index in [-0.39, 0.29) is 5.75 Å². The van der Waals surface area contributed by atoms with Crippen LogP contribution >= 0.6 is 0 Å². The molecule has 1 aliphatic rings. The van der Waals surface area contributed by atoms with Gasteiger partial charge >= 0.3 is 0 Å². The lowest BCUT2D eigenvalue weighted by molar-refractivity contribution is 0.147. The minimum absolute atomic E-state index is 0.280. The Morgan fingerprint density at radius 2 is 1.89 bits per heavy atom. The zero-order valence-electron chi connectivity index (χ0n) is 11.4. The molecule has 1 saturated heterocycles. The van der Waals surface area contributed by atoms with E-state index in [0.29, 0.717) is 5.75 Å². The molecule has 1 N–H and O–H groups in total. The normalized spacial score (nSPS) is 17.9. The third kappa shape index (κ3) is 2.94. The molecule has 0 bridgehead atoms. The van der Waals surface area contributed by atoms with Crippen molar-refractivity contribution < 1.29 is 9.84 Å². The van der Waals surface area contributed by atoms with E-state index in [1.807, 2.05) is 19.1 Å². The van der Waals surface area contributed by atoms with Crippen molar-refractivity contribution in [3.8, 4) is 11.5 Å². The number of piperazine rings is 1. The Morgan fingerprint density at radius 1 is 1.22 bits per heavy atom. The number of phenols is 1. The quantitative estimate of drug-likeness (QED) is 0.881. The van der Waals surface area contributed by atoms with Crippen LogP contribution in [0.2, 0.25) is 0 Å². The van der Waals surface area contributed by atoms with Crippen LogP contribution in [0, 0.1) is 6.92 Å². The second-order valence-electron chi connectivity index (χ2n) is 5.05. The maximum Gasteiger partial charge on any atom is 0.162 e. The van der Waals surface area contributed by atoms with E-state index >= 15 is 0 Å². The molecule has 0 unspecified atom stereocenters. The second kappa shape index (κ2) is 5.59. The molecule has 0 atom stereocenters. The highest BCUT2D eigenvalue weighted by atomic mass is 16.5. The molecular weight excluding hydrogens is 228 g/mol. The van der Waals surface area contributed by atoms with Gasteiger partial charge in [0, 0.05) is 38.3 Å². The van der Waals surface area contributed by atoms with Gasteiger partial charge in [0.1, 0.15) is 0 Å². The average molecular weight is 250 g/mol. The molecule has 4 nitrogen and oxygen atoms in total. The molecule has 2 rings (SSSR count). The van der Waals surface area contributed by atoms with E-state index in [1.54, 1.807) is 7.11 Å². The first-order chi connectivity index (χ1) is 8.60. The number of ether oxygens (including phenoxy) is 1. The number of likely N-dealkylation sites (N-methyl/N-ethyl adjacent to an activating group) is 1. The highest BCUT2D eigenvalue weighted by Crippen LogP contribution is 2.32. The smallest absolute Gasteiger partial charge is 0.162 e. The van der Waals surface area contributed by atoms with Crippen LogP contribution in [0.4, 0.5) is 0 Å². The first-order valence-corrected chi connectivity index (χ1v) is 6.37. The van der Waals surface area contributed by atoms with Gasteiger partial charge in [-0.25, -0.2) is 0 Å². The van der Waals surface area contributed by atoms with E-state index in [9.17, 15) is 5.11 Å². The third-order valence-electron chi connectivity index (χ3n) is 3.51. The molecule has 0 saturated carbocycles. The first kappa shape index (κ1) is 13.2. The van der Waals surface area contributed by atoms with Crippen LogP contribution in [-0.4, -0.2) is 55.2 Å². The van der Waals surface area contributed by atoms with Gasteiger partial charge < -0.3 is 14.7 Å². The molecular formula is C14H22N2O2. The Hall–Kier alpha value is -1.26. The predicted octanol–water partition coefficient (Wildman–Crippen LogP) is 1.46. The van der Waals surface area contributed by atoms with Crippen molar-refractivity contribution in [3.05, 3.63) is 23.3 Å². The van der Waals surface area contributed by atoms with Gasteiger partial charge in [-0.05, 0) is 25.6 Å². The van der Waals surface area contributed by atoms with Gasteiger partial charge in [0.2, 0.25) is 0 Å². The summed E-state index contributed by atoms with van der Waals surface area (Å²) < 4.78 is 5.20. The van der Waals surface area contributed by atoms with Gasteiger partial charge in [0.05, 0.1) is 7.11 Å². The average Bonchev–Trinajstić information content (AvgIpc) is 2.36. The predicted molar refractivity (Wildman–Crippen MR) is 72.2 cm³/mol. The fourth-order valence-corrected chi connectivity index (χ4v) is 2.34.